The van der Waals surface area contributed by atoms with Gasteiger partial charge in [0, 0.05) is 18.3 Å². The van der Waals surface area contributed by atoms with Gasteiger partial charge in [0.25, 0.3) is 0 Å². The maximum absolute atomic E-state index is 12.0. The molecule has 1 amide bonds. The molecule has 0 radical (unpaired) electrons. The van der Waals surface area contributed by atoms with E-state index in [-0.39, 0.29) is 25.0 Å². The van der Waals surface area contributed by atoms with E-state index in [2.05, 4.69) is 5.32 Å². The van der Waals surface area contributed by atoms with Crippen molar-refractivity contribution in [2.24, 2.45) is 0 Å². The second-order valence-electron chi connectivity index (χ2n) is 5.41. The fourth-order valence-electron chi connectivity index (χ4n) is 2.02. The Balaban J connectivity index is 1.84. The molecule has 1 saturated carbocycles. The molecule has 0 saturated heterocycles. The average Bonchev–Trinajstić information content (AvgIpc) is 3.11. The standard InChI is InChI=1S/C14H21N3O3/c1-9(2)16-13(18)5-6-20-14(19)12-7-10(15)8-17(12)11-3-4-11/h7-9,11H,3-6,15H2,1-2H3,(H,16,18). The number of hydrogen-bond acceptors (Lipinski definition) is 4. The highest BCUT2D eigenvalue weighted by Gasteiger charge is 2.28. The van der Waals surface area contributed by atoms with Crippen LogP contribution in [0.1, 0.15) is 49.6 Å². The van der Waals surface area contributed by atoms with E-state index < -0.39 is 5.97 Å². The molecule has 0 spiro atoms. The third kappa shape index (κ3) is 3.76. The normalized spacial score (nSPS) is 14.3. The summed E-state index contributed by atoms with van der Waals surface area (Å²) in [7, 11) is 0. The average molecular weight is 279 g/mol. The Morgan fingerprint density at radius 3 is 2.80 bits per heavy atom. The number of carbonyl (C=O) groups is 2. The van der Waals surface area contributed by atoms with E-state index in [1.807, 2.05) is 18.4 Å². The van der Waals surface area contributed by atoms with Crippen molar-refractivity contribution < 1.29 is 14.3 Å². The van der Waals surface area contributed by atoms with Crippen molar-refractivity contribution >= 4 is 17.6 Å². The number of hydrogen-bond donors (Lipinski definition) is 2. The van der Waals surface area contributed by atoms with E-state index in [0.29, 0.717) is 17.4 Å². The molecule has 1 aromatic heterocycles. The SMILES string of the molecule is CC(C)NC(=O)CCOC(=O)c1cc(N)cn1C1CC1. The van der Waals surface area contributed by atoms with Crippen LogP contribution in [0.4, 0.5) is 5.69 Å². The summed E-state index contributed by atoms with van der Waals surface area (Å²) in [6.07, 6.45) is 4.06. The minimum Gasteiger partial charge on any atom is -0.460 e. The highest BCUT2D eigenvalue weighted by Crippen LogP contribution is 2.37. The predicted molar refractivity (Wildman–Crippen MR) is 75.3 cm³/mol. The molecule has 0 aliphatic heterocycles. The number of esters is 1. The molecule has 1 aliphatic rings. The molecule has 6 heteroatoms. The molecule has 20 heavy (non-hydrogen) atoms. The van der Waals surface area contributed by atoms with Gasteiger partial charge < -0.3 is 20.4 Å². The Morgan fingerprint density at radius 1 is 1.50 bits per heavy atom. The van der Waals surface area contributed by atoms with E-state index >= 15 is 0 Å². The first-order valence-electron chi connectivity index (χ1n) is 6.91. The van der Waals surface area contributed by atoms with E-state index in [1.165, 1.54) is 0 Å². The molecule has 6 nitrogen and oxygen atoms in total. The first-order valence-corrected chi connectivity index (χ1v) is 6.91. The Bertz CT molecular complexity index is 504. The van der Waals surface area contributed by atoms with Gasteiger partial charge in [-0.05, 0) is 32.8 Å². The number of nitrogen functional groups attached to an aromatic ring is 1. The predicted octanol–water partition coefficient (Wildman–Crippen LogP) is 1.48. The Morgan fingerprint density at radius 2 is 2.20 bits per heavy atom. The number of ether oxygens (including phenoxy) is 1. The molecule has 0 unspecified atom stereocenters. The minimum absolute atomic E-state index is 0.0765. The molecular formula is C14H21N3O3. The number of amides is 1. The number of carbonyl (C=O) groups excluding carboxylic acids is 2. The van der Waals surface area contributed by atoms with Crippen LogP contribution in [0, 0.1) is 0 Å². The zero-order chi connectivity index (χ0) is 14.7. The van der Waals surface area contributed by atoms with Gasteiger partial charge in [0.15, 0.2) is 0 Å². The summed E-state index contributed by atoms with van der Waals surface area (Å²) in [5, 5.41) is 2.74. The summed E-state index contributed by atoms with van der Waals surface area (Å²) >= 11 is 0. The van der Waals surface area contributed by atoms with Crippen molar-refractivity contribution in [3.05, 3.63) is 18.0 Å². The van der Waals surface area contributed by atoms with Crippen LogP contribution in [0.15, 0.2) is 12.3 Å². The fourth-order valence-corrected chi connectivity index (χ4v) is 2.02. The molecule has 110 valence electrons. The van der Waals surface area contributed by atoms with Gasteiger partial charge in [-0.1, -0.05) is 0 Å². The van der Waals surface area contributed by atoms with Crippen LogP contribution in [-0.2, 0) is 9.53 Å². The van der Waals surface area contributed by atoms with E-state index in [4.69, 9.17) is 10.5 Å². The largest absolute Gasteiger partial charge is 0.460 e. The molecule has 0 bridgehead atoms. The van der Waals surface area contributed by atoms with Gasteiger partial charge in [-0.3, -0.25) is 4.79 Å². The van der Waals surface area contributed by atoms with Gasteiger partial charge in [0.1, 0.15) is 12.3 Å². The second kappa shape index (κ2) is 5.98. The van der Waals surface area contributed by atoms with Crippen molar-refractivity contribution in [3.8, 4) is 0 Å². The third-order valence-electron chi connectivity index (χ3n) is 3.03. The number of nitrogens with one attached hydrogen (secondary N) is 1. The van der Waals surface area contributed by atoms with Crippen LogP contribution in [0.3, 0.4) is 0 Å². The van der Waals surface area contributed by atoms with E-state index in [1.54, 1.807) is 12.3 Å². The number of aromatic nitrogens is 1. The van der Waals surface area contributed by atoms with Gasteiger partial charge in [0.05, 0.1) is 12.1 Å². The van der Waals surface area contributed by atoms with Crippen molar-refractivity contribution in [1.82, 2.24) is 9.88 Å². The van der Waals surface area contributed by atoms with Crippen molar-refractivity contribution in [2.75, 3.05) is 12.3 Å². The summed E-state index contributed by atoms with van der Waals surface area (Å²) in [5.41, 5.74) is 6.75. The smallest absolute Gasteiger partial charge is 0.355 e. The lowest BCUT2D eigenvalue weighted by Gasteiger charge is -2.09. The van der Waals surface area contributed by atoms with Gasteiger partial charge in [-0.25, -0.2) is 4.79 Å². The summed E-state index contributed by atoms with van der Waals surface area (Å²) in [6.45, 7) is 3.84. The lowest BCUT2D eigenvalue weighted by Crippen LogP contribution is -2.31. The number of anilines is 1. The first kappa shape index (κ1) is 14.4. The Hall–Kier alpha value is -1.98. The van der Waals surface area contributed by atoms with Crippen LogP contribution < -0.4 is 11.1 Å². The maximum atomic E-state index is 12.0. The molecule has 1 aromatic rings. The highest BCUT2D eigenvalue weighted by atomic mass is 16.5. The van der Waals surface area contributed by atoms with Gasteiger partial charge >= 0.3 is 5.97 Å². The molecule has 0 aromatic carbocycles. The van der Waals surface area contributed by atoms with Gasteiger partial charge in [0.2, 0.25) is 5.91 Å². The number of nitrogens with two attached hydrogens (primary N) is 1. The summed E-state index contributed by atoms with van der Waals surface area (Å²) in [6, 6.07) is 2.07. The summed E-state index contributed by atoms with van der Waals surface area (Å²) < 4.78 is 7.00. The van der Waals surface area contributed by atoms with E-state index in [9.17, 15) is 9.59 Å². The monoisotopic (exact) mass is 279 g/mol. The molecule has 2 rings (SSSR count). The lowest BCUT2D eigenvalue weighted by atomic mass is 10.3. The molecular weight excluding hydrogens is 258 g/mol. The Kier molecular flexibility index (Phi) is 4.32. The van der Waals surface area contributed by atoms with Crippen LogP contribution in [0.25, 0.3) is 0 Å². The van der Waals surface area contributed by atoms with Crippen LogP contribution >= 0.6 is 0 Å². The molecule has 1 heterocycles. The fraction of sp³-hybridized carbons (Fsp3) is 0.571. The van der Waals surface area contributed by atoms with Crippen molar-refractivity contribution in [1.29, 1.82) is 0 Å². The first-order chi connectivity index (χ1) is 9.47. The zero-order valence-electron chi connectivity index (χ0n) is 11.9. The highest BCUT2D eigenvalue weighted by molar-refractivity contribution is 5.89. The molecule has 1 fully saturated rings. The van der Waals surface area contributed by atoms with Crippen molar-refractivity contribution in [2.45, 2.75) is 45.2 Å². The lowest BCUT2D eigenvalue weighted by molar-refractivity contribution is -0.122. The topological polar surface area (TPSA) is 86.3 Å². The van der Waals surface area contributed by atoms with Gasteiger partial charge in [-0.2, -0.15) is 0 Å². The second-order valence-corrected chi connectivity index (χ2v) is 5.41. The quantitative estimate of drug-likeness (QED) is 0.772. The summed E-state index contributed by atoms with van der Waals surface area (Å²) in [4.78, 5) is 23.4. The van der Waals surface area contributed by atoms with E-state index in [0.717, 1.165) is 12.8 Å². The van der Waals surface area contributed by atoms with Crippen LogP contribution in [0.5, 0.6) is 0 Å². The molecule has 0 atom stereocenters. The Labute approximate surface area is 118 Å². The van der Waals surface area contributed by atoms with Crippen LogP contribution in [0.2, 0.25) is 0 Å². The van der Waals surface area contributed by atoms with Crippen molar-refractivity contribution in [3.63, 3.8) is 0 Å². The number of nitrogens with zero attached hydrogens (tertiary/aromatic N) is 1. The summed E-state index contributed by atoms with van der Waals surface area (Å²) in [5.74, 6) is -0.546. The molecule has 3 N–H and O–H groups in total. The van der Waals surface area contributed by atoms with Crippen LogP contribution in [-0.4, -0.2) is 29.1 Å². The minimum atomic E-state index is -0.425. The number of rotatable bonds is 6. The zero-order valence-corrected chi connectivity index (χ0v) is 11.9. The third-order valence-corrected chi connectivity index (χ3v) is 3.03. The maximum Gasteiger partial charge on any atom is 0.355 e. The van der Waals surface area contributed by atoms with Gasteiger partial charge in [-0.15, -0.1) is 0 Å². The molecule has 1 aliphatic carbocycles.